The van der Waals surface area contributed by atoms with Crippen molar-refractivity contribution >= 4 is 0 Å². The van der Waals surface area contributed by atoms with E-state index < -0.39 is 0 Å². The quantitative estimate of drug-likeness (QED) is 0.778. The molecule has 1 aliphatic rings. The molecule has 0 radical (unpaired) electrons. The zero-order valence-corrected chi connectivity index (χ0v) is 9.15. The van der Waals surface area contributed by atoms with Gasteiger partial charge in [0.1, 0.15) is 0 Å². The molecule has 0 aromatic carbocycles. The predicted octanol–water partition coefficient (Wildman–Crippen LogP) is 0.331. The fourth-order valence-electron chi connectivity index (χ4n) is 1.84. The van der Waals surface area contributed by atoms with Gasteiger partial charge in [-0.05, 0) is 18.8 Å². The second-order valence-corrected chi connectivity index (χ2v) is 4.06. The number of ether oxygens (including phenoxy) is 1. The largest absolute Gasteiger partial charge is 0.381 e. The fourth-order valence-corrected chi connectivity index (χ4v) is 1.84. The van der Waals surface area contributed by atoms with E-state index in [-0.39, 0.29) is 0 Å². The Bertz CT molecular complexity index is 293. The van der Waals surface area contributed by atoms with Crippen LogP contribution in [0, 0.1) is 5.92 Å². The second-order valence-electron chi connectivity index (χ2n) is 4.06. The summed E-state index contributed by atoms with van der Waals surface area (Å²) in [5, 5.41) is 11.1. The molecule has 2 heterocycles. The lowest BCUT2D eigenvalue weighted by atomic mass is 10.0. The highest BCUT2D eigenvalue weighted by molar-refractivity contribution is 4.92. The minimum absolute atomic E-state index is 0.667. The Morgan fingerprint density at radius 2 is 2.60 bits per heavy atom. The molecule has 0 bridgehead atoms. The number of rotatable bonds is 4. The van der Waals surface area contributed by atoms with Gasteiger partial charge in [0.25, 0.3) is 0 Å². The van der Waals surface area contributed by atoms with E-state index in [2.05, 4.69) is 15.6 Å². The van der Waals surface area contributed by atoms with E-state index in [1.165, 1.54) is 12.8 Å². The third-order valence-corrected chi connectivity index (χ3v) is 2.80. The smallest absolute Gasteiger partial charge is 0.0738 e. The highest BCUT2D eigenvalue weighted by atomic mass is 16.5. The molecule has 5 nitrogen and oxygen atoms in total. The first kappa shape index (κ1) is 10.6. The number of hydrogen-bond acceptors (Lipinski definition) is 4. The molecule has 84 valence electrons. The van der Waals surface area contributed by atoms with Gasteiger partial charge in [-0.25, -0.2) is 0 Å². The van der Waals surface area contributed by atoms with E-state index in [1.54, 1.807) is 10.9 Å². The van der Waals surface area contributed by atoms with Gasteiger partial charge in [0, 0.05) is 26.7 Å². The maximum Gasteiger partial charge on any atom is 0.0738 e. The van der Waals surface area contributed by atoms with Crippen LogP contribution in [0.3, 0.4) is 0 Å². The maximum atomic E-state index is 5.42. The third kappa shape index (κ3) is 3.00. The lowest BCUT2D eigenvalue weighted by Gasteiger charge is -2.22. The van der Waals surface area contributed by atoms with Crippen molar-refractivity contribution in [3.63, 3.8) is 0 Å². The molecule has 1 aromatic heterocycles. The van der Waals surface area contributed by atoms with Crippen LogP contribution in [-0.2, 0) is 18.3 Å². The number of aryl methyl sites for hydroxylation is 1. The van der Waals surface area contributed by atoms with Crippen LogP contribution < -0.4 is 5.32 Å². The van der Waals surface area contributed by atoms with Crippen LogP contribution >= 0.6 is 0 Å². The summed E-state index contributed by atoms with van der Waals surface area (Å²) in [6.07, 6.45) is 4.26. The van der Waals surface area contributed by atoms with E-state index >= 15 is 0 Å². The Kier molecular flexibility index (Phi) is 3.69. The van der Waals surface area contributed by atoms with Crippen molar-refractivity contribution < 1.29 is 4.74 Å². The first-order valence-electron chi connectivity index (χ1n) is 5.48. The minimum atomic E-state index is 0.667. The summed E-state index contributed by atoms with van der Waals surface area (Å²) in [5.74, 6) is 0.667. The SMILES string of the molecule is Cn1nncc1CNCC1CCCOC1. The van der Waals surface area contributed by atoms with Crippen LogP contribution in [0.1, 0.15) is 18.5 Å². The van der Waals surface area contributed by atoms with Gasteiger partial charge in [0.2, 0.25) is 0 Å². The first-order valence-corrected chi connectivity index (χ1v) is 5.48. The zero-order valence-electron chi connectivity index (χ0n) is 9.15. The Balaban J connectivity index is 1.68. The first-order chi connectivity index (χ1) is 7.36. The van der Waals surface area contributed by atoms with Gasteiger partial charge in [-0.3, -0.25) is 4.68 Å². The normalized spacial score (nSPS) is 21.8. The van der Waals surface area contributed by atoms with Crippen molar-refractivity contribution in [2.24, 2.45) is 13.0 Å². The Hall–Kier alpha value is -0.940. The van der Waals surface area contributed by atoms with Gasteiger partial charge < -0.3 is 10.1 Å². The van der Waals surface area contributed by atoms with Crippen LogP contribution in [0.5, 0.6) is 0 Å². The van der Waals surface area contributed by atoms with Crippen molar-refractivity contribution in [1.82, 2.24) is 20.3 Å². The van der Waals surface area contributed by atoms with Crippen LogP contribution in [0.25, 0.3) is 0 Å². The molecule has 1 atom stereocenters. The molecule has 1 fully saturated rings. The Morgan fingerprint density at radius 1 is 1.67 bits per heavy atom. The van der Waals surface area contributed by atoms with Crippen molar-refractivity contribution in [3.8, 4) is 0 Å². The molecule has 2 rings (SSSR count). The molecular weight excluding hydrogens is 192 g/mol. The van der Waals surface area contributed by atoms with Gasteiger partial charge in [-0.1, -0.05) is 5.21 Å². The van der Waals surface area contributed by atoms with Crippen LogP contribution in [0.15, 0.2) is 6.20 Å². The molecule has 1 unspecified atom stereocenters. The average Bonchev–Trinajstić information content (AvgIpc) is 2.66. The van der Waals surface area contributed by atoms with Crippen LogP contribution in [0.4, 0.5) is 0 Å². The molecule has 15 heavy (non-hydrogen) atoms. The van der Waals surface area contributed by atoms with Crippen LogP contribution in [-0.4, -0.2) is 34.8 Å². The third-order valence-electron chi connectivity index (χ3n) is 2.80. The second kappa shape index (κ2) is 5.23. The topological polar surface area (TPSA) is 52.0 Å². The number of nitrogens with one attached hydrogen (secondary N) is 1. The summed E-state index contributed by atoms with van der Waals surface area (Å²) in [7, 11) is 1.91. The van der Waals surface area contributed by atoms with E-state index in [0.29, 0.717) is 5.92 Å². The van der Waals surface area contributed by atoms with Gasteiger partial charge in [-0.15, -0.1) is 5.10 Å². The number of nitrogens with zero attached hydrogens (tertiary/aromatic N) is 3. The highest BCUT2D eigenvalue weighted by Crippen LogP contribution is 2.12. The summed E-state index contributed by atoms with van der Waals surface area (Å²) in [6.45, 7) is 3.68. The van der Waals surface area contributed by atoms with E-state index in [4.69, 9.17) is 4.74 Å². The number of aromatic nitrogens is 3. The van der Waals surface area contributed by atoms with Gasteiger partial charge in [-0.2, -0.15) is 0 Å². The van der Waals surface area contributed by atoms with E-state index in [1.807, 2.05) is 7.05 Å². The number of hydrogen-bond donors (Lipinski definition) is 1. The maximum absolute atomic E-state index is 5.42. The molecule has 1 aromatic rings. The zero-order chi connectivity index (χ0) is 10.5. The summed E-state index contributed by atoms with van der Waals surface area (Å²) in [6, 6.07) is 0. The van der Waals surface area contributed by atoms with Crippen molar-refractivity contribution in [3.05, 3.63) is 11.9 Å². The molecule has 0 spiro atoms. The molecule has 1 N–H and O–H groups in total. The summed E-state index contributed by atoms with van der Waals surface area (Å²) in [4.78, 5) is 0. The average molecular weight is 210 g/mol. The van der Waals surface area contributed by atoms with Crippen LogP contribution in [0.2, 0.25) is 0 Å². The summed E-state index contributed by atoms with van der Waals surface area (Å²) >= 11 is 0. The predicted molar refractivity (Wildman–Crippen MR) is 56.3 cm³/mol. The van der Waals surface area contributed by atoms with Crippen molar-refractivity contribution in [2.45, 2.75) is 19.4 Å². The lowest BCUT2D eigenvalue weighted by molar-refractivity contribution is 0.0547. The van der Waals surface area contributed by atoms with Gasteiger partial charge in [0.15, 0.2) is 0 Å². The Labute approximate surface area is 89.8 Å². The van der Waals surface area contributed by atoms with Crippen molar-refractivity contribution in [1.29, 1.82) is 0 Å². The fraction of sp³-hybridized carbons (Fsp3) is 0.800. The molecule has 1 aliphatic heterocycles. The highest BCUT2D eigenvalue weighted by Gasteiger charge is 2.13. The lowest BCUT2D eigenvalue weighted by Crippen LogP contribution is -2.29. The van der Waals surface area contributed by atoms with E-state index in [9.17, 15) is 0 Å². The summed E-state index contributed by atoms with van der Waals surface area (Å²) in [5.41, 5.74) is 1.12. The molecule has 0 saturated carbocycles. The van der Waals surface area contributed by atoms with Gasteiger partial charge >= 0.3 is 0 Å². The Morgan fingerprint density at radius 3 is 3.27 bits per heavy atom. The molecule has 0 amide bonds. The molecule has 5 heteroatoms. The van der Waals surface area contributed by atoms with Gasteiger partial charge in [0.05, 0.1) is 18.5 Å². The molecular formula is C10H18N4O. The standard InChI is InChI=1S/C10H18N4O/c1-14-10(7-12-13-14)6-11-5-9-3-2-4-15-8-9/h7,9,11H,2-6,8H2,1H3. The molecule has 0 aliphatic carbocycles. The van der Waals surface area contributed by atoms with Crippen molar-refractivity contribution in [2.75, 3.05) is 19.8 Å². The molecule has 1 saturated heterocycles. The minimum Gasteiger partial charge on any atom is -0.381 e. The monoisotopic (exact) mass is 210 g/mol. The van der Waals surface area contributed by atoms with E-state index in [0.717, 1.165) is 32.0 Å². The summed E-state index contributed by atoms with van der Waals surface area (Å²) < 4.78 is 7.22.